The lowest BCUT2D eigenvalue weighted by molar-refractivity contribution is -0.126. The predicted octanol–water partition coefficient (Wildman–Crippen LogP) is 3.90. The Kier molecular flexibility index (Phi) is 6.34. The smallest absolute Gasteiger partial charge is 0.338 e. The average Bonchev–Trinajstić information content (AvgIpc) is 3.24. The molecule has 1 atom stereocenters. The summed E-state index contributed by atoms with van der Waals surface area (Å²) in [4.78, 5) is 26.6. The van der Waals surface area contributed by atoms with Gasteiger partial charge in [0.1, 0.15) is 0 Å². The number of anilines is 2. The van der Waals surface area contributed by atoms with Crippen molar-refractivity contribution in [2.45, 2.75) is 24.3 Å². The minimum Gasteiger partial charge on any atom is -0.449 e. The minimum absolute atomic E-state index is 0.00614. The number of nitrogens with zero attached hydrogens (tertiary/aromatic N) is 1. The molecule has 7 nitrogen and oxygen atoms in total. The number of benzene rings is 3. The Bertz CT molecular complexity index is 1380. The predicted molar refractivity (Wildman–Crippen MR) is 121 cm³/mol. The minimum atomic E-state index is -4.24. The maximum atomic E-state index is 13.4. The van der Waals surface area contributed by atoms with Crippen LogP contribution in [-0.2, 0) is 26.0 Å². The number of hydrogen-bond donors (Lipinski definition) is 1. The zero-order chi connectivity index (χ0) is 24.5. The Morgan fingerprint density at radius 3 is 2.53 bits per heavy atom. The van der Waals surface area contributed by atoms with Crippen molar-refractivity contribution in [1.82, 2.24) is 0 Å². The summed E-state index contributed by atoms with van der Waals surface area (Å²) < 4.78 is 59.1. The lowest BCUT2D eigenvalue weighted by Crippen LogP contribution is -2.39. The Balaban J connectivity index is 1.45. The van der Waals surface area contributed by atoms with Gasteiger partial charge in [-0.3, -0.25) is 9.52 Å². The molecule has 176 valence electrons. The molecule has 1 aliphatic rings. The Labute approximate surface area is 195 Å². The number of amides is 1. The van der Waals surface area contributed by atoms with Gasteiger partial charge in [-0.15, -0.1) is 0 Å². The van der Waals surface area contributed by atoms with Crippen LogP contribution in [0.3, 0.4) is 0 Å². The first-order valence-electron chi connectivity index (χ1n) is 10.3. The second-order valence-corrected chi connectivity index (χ2v) is 9.36. The van der Waals surface area contributed by atoms with E-state index >= 15 is 0 Å². The standard InChI is InChI=1S/C24H20F2N2O5S/c1-15(23(29)28-12-11-16-5-2-3-8-22(16)28)33-24(30)17-6-4-7-18(13-17)27-34(31,32)19-9-10-20(25)21(26)14-19/h2-10,13-15,27H,11-12H2,1H3. The van der Waals surface area contributed by atoms with Crippen molar-refractivity contribution in [3.8, 4) is 0 Å². The highest BCUT2D eigenvalue weighted by Gasteiger charge is 2.30. The maximum Gasteiger partial charge on any atom is 0.338 e. The first-order chi connectivity index (χ1) is 16.2. The number of carbonyl (C=O) groups is 2. The van der Waals surface area contributed by atoms with E-state index in [1.165, 1.54) is 31.2 Å². The van der Waals surface area contributed by atoms with Crippen LogP contribution >= 0.6 is 0 Å². The van der Waals surface area contributed by atoms with Crippen LogP contribution in [0.1, 0.15) is 22.8 Å². The van der Waals surface area contributed by atoms with E-state index in [1.54, 1.807) is 4.90 Å². The number of ether oxygens (including phenoxy) is 1. The summed E-state index contributed by atoms with van der Waals surface area (Å²) in [6.45, 7) is 1.96. The number of hydrogen-bond acceptors (Lipinski definition) is 5. The number of rotatable bonds is 6. The summed E-state index contributed by atoms with van der Waals surface area (Å²) in [7, 11) is -4.24. The lowest BCUT2D eigenvalue weighted by Gasteiger charge is -2.21. The summed E-state index contributed by atoms with van der Waals surface area (Å²) in [5.41, 5.74) is 1.83. The summed E-state index contributed by atoms with van der Waals surface area (Å²) in [5, 5.41) is 0. The van der Waals surface area contributed by atoms with Gasteiger partial charge in [0.2, 0.25) is 0 Å². The summed E-state index contributed by atoms with van der Waals surface area (Å²) in [6, 6.07) is 15.1. The van der Waals surface area contributed by atoms with Crippen molar-refractivity contribution in [1.29, 1.82) is 0 Å². The molecule has 0 bridgehead atoms. The van der Waals surface area contributed by atoms with Crippen LogP contribution in [0, 0.1) is 11.6 Å². The number of esters is 1. The topological polar surface area (TPSA) is 92.8 Å². The Morgan fingerprint density at radius 1 is 1.00 bits per heavy atom. The number of nitrogens with one attached hydrogen (secondary N) is 1. The van der Waals surface area contributed by atoms with E-state index in [2.05, 4.69) is 4.72 Å². The van der Waals surface area contributed by atoms with E-state index in [1.807, 2.05) is 24.3 Å². The van der Waals surface area contributed by atoms with Crippen molar-refractivity contribution in [2.24, 2.45) is 0 Å². The quantitative estimate of drug-likeness (QED) is 0.534. The van der Waals surface area contributed by atoms with Gasteiger partial charge in [0.05, 0.1) is 10.5 Å². The van der Waals surface area contributed by atoms with Crippen LogP contribution in [0.5, 0.6) is 0 Å². The molecule has 3 aromatic carbocycles. The molecule has 1 unspecified atom stereocenters. The SMILES string of the molecule is CC(OC(=O)c1cccc(NS(=O)(=O)c2ccc(F)c(F)c2)c1)C(=O)N1CCc2ccccc21. The van der Waals surface area contributed by atoms with Gasteiger partial charge in [-0.2, -0.15) is 0 Å². The molecule has 0 fully saturated rings. The highest BCUT2D eigenvalue weighted by atomic mass is 32.2. The van der Waals surface area contributed by atoms with Gasteiger partial charge < -0.3 is 9.64 Å². The molecule has 1 N–H and O–H groups in total. The third-order valence-electron chi connectivity index (χ3n) is 5.34. The van der Waals surface area contributed by atoms with E-state index in [9.17, 15) is 26.8 Å². The van der Waals surface area contributed by atoms with Gasteiger partial charge in [0.25, 0.3) is 15.9 Å². The Hall–Kier alpha value is -3.79. The molecule has 1 aliphatic heterocycles. The van der Waals surface area contributed by atoms with Crippen molar-refractivity contribution in [3.05, 3.63) is 89.5 Å². The summed E-state index contributed by atoms with van der Waals surface area (Å²) in [6.07, 6.45) is -0.357. The van der Waals surface area contributed by atoms with E-state index in [4.69, 9.17) is 4.74 Å². The fraction of sp³-hybridized carbons (Fsp3) is 0.167. The van der Waals surface area contributed by atoms with E-state index in [0.717, 1.165) is 17.3 Å². The second-order valence-electron chi connectivity index (χ2n) is 7.68. The summed E-state index contributed by atoms with van der Waals surface area (Å²) in [5.74, 6) is -3.67. The average molecular weight is 486 g/mol. The van der Waals surface area contributed by atoms with Gasteiger partial charge in [0.15, 0.2) is 17.7 Å². The van der Waals surface area contributed by atoms with Crippen LogP contribution in [0.25, 0.3) is 0 Å². The molecule has 1 heterocycles. The lowest BCUT2D eigenvalue weighted by atomic mass is 10.2. The fourth-order valence-electron chi connectivity index (χ4n) is 3.63. The van der Waals surface area contributed by atoms with Crippen molar-refractivity contribution >= 4 is 33.3 Å². The highest BCUT2D eigenvalue weighted by Crippen LogP contribution is 2.28. The van der Waals surface area contributed by atoms with Crippen LogP contribution in [0.4, 0.5) is 20.2 Å². The normalized spacial score (nSPS) is 13.8. The van der Waals surface area contributed by atoms with Gasteiger partial charge in [-0.1, -0.05) is 24.3 Å². The molecular weight excluding hydrogens is 466 g/mol. The van der Waals surface area contributed by atoms with Crippen molar-refractivity contribution < 1.29 is 31.5 Å². The number of carbonyl (C=O) groups excluding carboxylic acids is 2. The van der Waals surface area contributed by atoms with Crippen LogP contribution < -0.4 is 9.62 Å². The first-order valence-corrected chi connectivity index (χ1v) is 11.8. The summed E-state index contributed by atoms with van der Waals surface area (Å²) >= 11 is 0. The molecular formula is C24H20F2N2O5S. The first kappa shape index (κ1) is 23.4. The van der Waals surface area contributed by atoms with Crippen molar-refractivity contribution in [3.63, 3.8) is 0 Å². The van der Waals surface area contributed by atoms with E-state index in [-0.39, 0.29) is 17.2 Å². The van der Waals surface area contributed by atoms with Gasteiger partial charge >= 0.3 is 5.97 Å². The molecule has 0 spiro atoms. The molecule has 0 radical (unpaired) electrons. The molecule has 3 aromatic rings. The van der Waals surface area contributed by atoms with Gasteiger partial charge in [-0.05, 0) is 61.4 Å². The molecule has 0 saturated heterocycles. The van der Waals surface area contributed by atoms with Crippen LogP contribution in [-0.4, -0.2) is 32.9 Å². The fourth-order valence-corrected chi connectivity index (χ4v) is 4.69. The molecule has 4 rings (SSSR count). The van der Waals surface area contributed by atoms with Crippen LogP contribution in [0.2, 0.25) is 0 Å². The third kappa shape index (κ3) is 4.76. The van der Waals surface area contributed by atoms with E-state index in [0.29, 0.717) is 25.1 Å². The largest absolute Gasteiger partial charge is 0.449 e. The van der Waals surface area contributed by atoms with E-state index < -0.39 is 38.6 Å². The second kappa shape index (κ2) is 9.22. The van der Waals surface area contributed by atoms with Gasteiger partial charge in [-0.25, -0.2) is 22.0 Å². The number of sulfonamides is 1. The molecule has 0 aliphatic carbocycles. The van der Waals surface area contributed by atoms with Gasteiger partial charge in [0, 0.05) is 17.9 Å². The monoisotopic (exact) mass is 486 g/mol. The number of halogens is 2. The zero-order valence-electron chi connectivity index (χ0n) is 18.0. The molecule has 0 aromatic heterocycles. The number of fused-ring (bicyclic) bond motifs is 1. The zero-order valence-corrected chi connectivity index (χ0v) is 18.8. The molecule has 0 saturated carbocycles. The molecule has 1 amide bonds. The molecule has 34 heavy (non-hydrogen) atoms. The van der Waals surface area contributed by atoms with Crippen LogP contribution in [0.15, 0.2) is 71.6 Å². The Morgan fingerprint density at radius 2 is 1.76 bits per heavy atom. The number of para-hydroxylation sites is 1. The highest BCUT2D eigenvalue weighted by molar-refractivity contribution is 7.92. The maximum absolute atomic E-state index is 13.4. The molecule has 10 heteroatoms. The third-order valence-corrected chi connectivity index (χ3v) is 6.72. The van der Waals surface area contributed by atoms with Crippen molar-refractivity contribution in [2.75, 3.05) is 16.2 Å².